The summed E-state index contributed by atoms with van der Waals surface area (Å²) in [7, 11) is 2.13. The molecule has 2 aliphatic rings. The molecule has 0 aromatic carbocycles. The average molecular weight is 329 g/mol. The first-order valence-electron chi connectivity index (χ1n) is 6.51. The van der Waals surface area contributed by atoms with Gasteiger partial charge >= 0.3 is 6.18 Å². The van der Waals surface area contributed by atoms with Gasteiger partial charge < -0.3 is 9.80 Å². The number of hydrogen-bond acceptors (Lipinski definition) is 2. The monoisotopic (exact) mass is 328 g/mol. The highest BCUT2D eigenvalue weighted by Crippen LogP contribution is 2.32. The quantitative estimate of drug-likeness (QED) is 0.719. The fourth-order valence-corrected chi connectivity index (χ4v) is 3.63. The summed E-state index contributed by atoms with van der Waals surface area (Å²) in [6.07, 6.45) is -0.814. The Hall–Kier alpha value is 0.190. The zero-order chi connectivity index (χ0) is 13.3. The minimum atomic E-state index is -4.14. The lowest BCUT2D eigenvalue weighted by molar-refractivity contribution is -0.132. The van der Waals surface area contributed by atoms with E-state index in [4.69, 9.17) is 0 Å². The van der Waals surface area contributed by atoms with Gasteiger partial charge in [-0.25, -0.2) is 0 Å². The van der Waals surface area contributed by atoms with Crippen LogP contribution in [0.4, 0.5) is 13.2 Å². The van der Waals surface area contributed by atoms with Gasteiger partial charge in [0.1, 0.15) is 4.83 Å². The molecule has 2 fully saturated rings. The van der Waals surface area contributed by atoms with Crippen molar-refractivity contribution < 1.29 is 13.2 Å². The summed E-state index contributed by atoms with van der Waals surface area (Å²) >= 11 is 2.76. The lowest BCUT2D eigenvalue weighted by Crippen LogP contribution is -2.54. The van der Waals surface area contributed by atoms with Crippen molar-refractivity contribution in [1.82, 2.24) is 9.80 Å². The van der Waals surface area contributed by atoms with Gasteiger partial charge in [0.2, 0.25) is 0 Å². The standard InChI is InChI=1S/C12H20BrF3N2/c1-17-5-2-3-9-7-18(6-4-10(9)17)8-11(13)12(14,15)16/h9-11H,2-8H2,1H3. The van der Waals surface area contributed by atoms with Crippen molar-refractivity contribution in [3.05, 3.63) is 0 Å². The Morgan fingerprint density at radius 1 is 1.28 bits per heavy atom. The lowest BCUT2D eigenvalue weighted by atomic mass is 9.84. The number of alkyl halides is 4. The Morgan fingerprint density at radius 2 is 2.00 bits per heavy atom. The van der Waals surface area contributed by atoms with Crippen LogP contribution in [0.5, 0.6) is 0 Å². The van der Waals surface area contributed by atoms with Crippen LogP contribution in [0, 0.1) is 5.92 Å². The smallest absolute Gasteiger partial charge is 0.303 e. The third kappa shape index (κ3) is 3.39. The number of piperidine rings is 2. The van der Waals surface area contributed by atoms with Crippen LogP contribution in [0.15, 0.2) is 0 Å². The third-order valence-corrected chi connectivity index (χ3v) is 5.01. The maximum Gasteiger partial charge on any atom is 0.402 e. The van der Waals surface area contributed by atoms with Crippen molar-refractivity contribution in [2.24, 2.45) is 5.92 Å². The number of rotatable bonds is 2. The highest BCUT2D eigenvalue weighted by molar-refractivity contribution is 9.09. The van der Waals surface area contributed by atoms with Gasteiger partial charge in [-0.1, -0.05) is 15.9 Å². The number of nitrogens with zero attached hydrogens (tertiary/aromatic N) is 2. The number of hydrogen-bond donors (Lipinski definition) is 0. The third-order valence-electron chi connectivity index (χ3n) is 4.20. The Balaban J connectivity index is 1.87. The molecule has 0 bridgehead atoms. The van der Waals surface area contributed by atoms with Gasteiger partial charge in [0.15, 0.2) is 0 Å². The number of fused-ring (bicyclic) bond motifs is 1. The molecule has 0 N–H and O–H groups in total. The predicted molar refractivity (Wildman–Crippen MR) is 69.0 cm³/mol. The second-order valence-corrected chi connectivity index (χ2v) is 6.61. The van der Waals surface area contributed by atoms with Crippen molar-refractivity contribution in [3.63, 3.8) is 0 Å². The molecule has 2 aliphatic heterocycles. The summed E-state index contributed by atoms with van der Waals surface area (Å²) in [6.45, 7) is 2.80. The molecular weight excluding hydrogens is 309 g/mol. The van der Waals surface area contributed by atoms with Gasteiger partial charge in [-0.2, -0.15) is 13.2 Å². The molecule has 2 rings (SSSR count). The Morgan fingerprint density at radius 3 is 2.67 bits per heavy atom. The first-order chi connectivity index (χ1) is 8.38. The van der Waals surface area contributed by atoms with Crippen LogP contribution < -0.4 is 0 Å². The van der Waals surface area contributed by atoms with E-state index in [-0.39, 0.29) is 6.54 Å². The van der Waals surface area contributed by atoms with E-state index >= 15 is 0 Å². The molecule has 0 spiro atoms. The van der Waals surface area contributed by atoms with Crippen LogP contribution in [0.1, 0.15) is 19.3 Å². The summed E-state index contributed by atoms with van der Waals surface area (Å²) in [5, 5.41) is 0. The van der Waals surface area contributed by atoms with E-state index in [0.29, 0.717) is 12.0 Å². The summed E-state index contributed by atoms with van der Waals surface area (Å²) in [5.41, 5.74) is 0. The fraction of sp³-hybridized carbons (Fsp3) is 1.00. The molecule has 2 heterocycles. The number of halogens is 4. The van der Waals surface area contributed by atoms with Gasteiger partial charge in [-0.3, -0.25) is 0 Å². The minimum Gasteiger partial charge on any atom is -0.303 e. The predicted octanol–water partition coefficient (Wildman–Crippen LogP) is 2.73. The fourth-order valence-electron chi connectivity index (χ4n) is 3.22. The Bertz CT molecular complexity index is 285. The van der Waals surface area contributed by atoms with Gasteiger partial charge in [0.05, 0.1) is 0 Å². The topological polar surface area (TPSA) is 6.48 Å². The van der Waals surface area contributed by atoms with Gasteiger partial charge in [-0.15, -0.1) is 0 Å². The van der Waals surface area contributed by atoms with E-state index in [0.717, 1.165) is 32.5 Å². The van der Waals surface area contributed by atoms with E-state index < -0.39 is 11.0 Å². The van der Waals surface area contributed by atoms with Gasteiger partial charge in [-0.05, 0) is 45.3 Å². The second kappa shape index (κ2) is 5.67. The Labute approximate surface area is 115 Å². The van der Waals surface area contributed by atoms with Gasteiger partial charge in [0.25, 0.3) is 0 Å². The van der Waals surface area contributed by atoms with Crippen molar-refractivity contribution in [3.8, 4) is 0 Å². The Kier molecular flexibility index (Phi) is 4.60. The molecule has 2 saturated heterocycles. The molecule has 0 radical (unpaired) electrons. The molecule has 6 heteroatoms. The van der Waals surface area contributed by atoms with Crippen LogP contribution in [0.25, 0.3) is 0 Å². The van der Waals surface area contributed by atoms with E-state index in [2.05, 4.69) is 27.9 Å². The van der Waals surface area contributed by atoms with Crippen LogP contribution in [-0.2, 0) is 0 Å². The highest BCUT2D eigenvalue weighted by Gasteiger charge is 2.41. The number of likely N-dealkylation sites (tertiary alicyclic amines) is 2. The zero-order valence-corrected chi connectivity index (χ0v) is 12.2. The maximum absolute atomic E-state index is 12.5. The second-order valence-electron chi connectivity index (χ2n) is 5.51. The lowest BCUT2D eigenvalue weighted by Gasteiger charge is -2.46. The van der Waals surface area contributed by atoms with Crippen molar-refractivity contribution in [2.45, 2.75) is 36.3 Å². The average Bonchev–Trinajstić information content (AvgIpc) is 2.28. The zero-order valence-electron chi connectivity index (χ0n) is 10.6. The first kappa shape index (κ1) is 14.6. The molecule has 3 unspecified atom stereocenters. The van der Waals surface area contributed by atoms with Crippen molar-refractivity contribution >= 4 is 15.9 Å². The molecule has 0 aliphatic carbocycles. The summed E-state index contributed by atoms with van der Waals surface area (Å²) in [4.78, 5) is 2.94. The van der Waals surface area contributed by atoms with E-state index in [1.807, 2.05) is 4.90 Å². The molecule has 0 aromatic heterocycles. The molecule has 0 aromatic rings. The van der Waals surface area contributed by atoms with E-state index in [1.165, 1.54) is 6.42 Å². The highest BCUT2D eigenvalue weighted by atomic mass is 79.9. The van der Waals surface area contributed by atoms with Gasteiger partial charge in [0, 0.05) is 19.1 Å². The molecule has 0 saturated carbocycles. The van der Waals surface area contributed by atoms with Crippen LogP contribution in [0.2, 0.25) is 0 Å². The van der Waals surface area contributed by atoms with E-state index in [9.17, 15) is 13.2 Å². The van der Waals surface area contributed by atoms with E-state index in [1.54, 1.807) is 0 Å². The molecule has 2 nitrogen and oxygen atoms in total. The first-order valence-corrected chi connectivity index (χ1v) is 7.43. The summed E-state index contributed by atoms with van der Waals surface area (Å²) < 4.78 is 37.6. The van der Waals surface area contributed by atoms with Crippen molar-refractivity contribution in [1.29, 1.82) is 0 Å². The summed E-state index contributed by atoms with van der Waals surface area (Å²) in [5.74, 6) is 0.547. The summed E-state index contributed by atoms with van der Waals surface area (Å²) in [6, 6.07) is 0.578. The van der Waals surface area contributed by atoms with Crippen LogP contribution >= 0.6 is 15.9 Å². The molecule has 18 heavy (non-hydrogen) atoms. The minimum absolute atomic E-state index is 0.0798. The normalized spacial score (nSPS) is 33.2. The maximum atomic E-state index is 12.5. The SMILES string of the molecule is CN1CCCC2CN(CC(Br)C(F)(F)F)CCC21. The molecular formula is C12H20BrF3N2. The largest absolute Gasteiger partial charge is 0.402 e. The van der Waals surface area contributed by atoms with Crippen LogP contribution in [-0.4, -0.2) is 60.1 Å². The molecule has 106 valence electrons. The van der Waals surface area contributed by atoms with Crippen molar-refractivity contribution in [2.75, 3.05) is 33.2 Å². The van der Waals surface area contributed by atoms with Crippen LogP contribution in [0.3, 0.4) is 0 Å². The molecule has 0 amide bonds. The molecule has 3 atom stereocenters.